The van der Waals surface area contributed by atoms with Gasteiger partial charge in [-0.3, -0.25) is 19.3 Å². The number of amides is 3. The van der Waals surface area contributed by atoms with Gasteiger partial charge in [-0.1, -0.05) is 73.7 Å². The summed E-state index contributed by atoms with van der Waals surface area (Å²) in [5, 5.41) is 9.88. The number of hydrogen-bond acceptors (Lipinski definition) is 7. The number of aliphatic hydroxyl groups is 1. The van der Waals surface area contributed by atoms with Crippen LogP contribution in [0.3, 0.4) is 0 Å². The van der Waals surface area contributed by atoms with Crippen molar-refractivity contribution in [2.24, 2.45) is 5.92 Å². The molecule has 0 radical (unpaired) electrons. The van der Waals surface area contributed by atoms with Crippen molar-refractivity contribution in [2.75, 3.05) is 30.1 Å². The number of aliphatic hydroxyl groups excluding tert-OH is 1. The molecule has 5 aromatic rings. The number of hydrogen-bond donors (Lipinski definition) is 1. The fourth-order valence-electron chi connectivity index (χ4n) is 9.03. The SMILES string of the molecule is COc1ccc2c(c1)[C@]1(O[C@@H](CC(=O)N(CCO)Cc3ccccc3)[C@H]([Si](C)(C)F)[C@H]1C)C(=O)N2Cc1ccc(N2C(=O)c3ccccc3Oc3ccccc32)cc1. The maximum Gasteiger partial charge on any atom is 0.266 e. The molecule has 0 aromatic heterocycles. The lowest BCUT2D eigenvalue weighted by Crippen LogP contribution is -2.45. The smallest absolute Gasteiger partial charge is 0.266 e. The second-order valence-corrected chi connectivity index (χ2v) is 19.4. The van der Waals surface area contributed by atoms with Gasteiger partial charge in [-0.15, -0.1) is 0 Å². The summed E-state index contributed by atoms with van der Waals surface area (Å²) >= 11 is 0. The number of para-hydroxylation sites is 3. The first-order chi connectivity index (χ1) is 27.9. The van der Waals surface area contributed by atoms with Crippen molar-refractivity contribution in [2.45, 2.75) is 56.8 Å². The lowest BCUT2D eigenvalue weighted by Gasteiger charge is -2.31. The Morgan fingerprint density at radius 2 is 1.57 bits per heavy atom. The van der Waals surface area contributed by atoms with Gasteiger partial charge in [0.2, 0.25) is 14.3 Å². The first-order valence-corrected chi connectivity index (χ1v) is 22.5. The molecular weight excluding hydrogens is 754 g/mol. The molecule has 12 heteroatoms. The number of rotatable bonds is 11. The van der Waals surface area contributed by atoms with Gasteiger partial charge in [0.05, 0.1) is 49.7 Å². The average Bonchev–Trinajstić information content (AvgIpc) is 3.59. The summed E-state index contributed by atoms with van der Waals surface area (Å²) in [6, 6.07) is 36.9. The molecule has 0 unspecified atom stereocenters. The number of carbonyl (C=O) groups is 3. The molecule has 5 aromatic carbocycles. The monoisotopic (exact) mass is 799 g/mol. The van der Waals surface area contributed by atoms with E-state index in [-0.39, 0.29) is 50.4 Å². The van der Waals surface area contributed by atoms with Crippen molar-refractivity contribution in [3.8, 4) is 17.2 Å². The summed E-state index contributed by atoms with van der Waals surface area (Å²) in [6.45, 7) is 5.38. The molecule has 1 saturated heterocycles. The van der Waals surface area contributed by atoms with Crippen LogP contribution < -0.4 is 19.3 Å². The van der Waals surface area contributed by atoms with Gasteiger partial charge in [0.15, 0.2) is 11.4 Å². The van der Waals surface area contributed by atoms with Crippen LogP contribution in [-0.4, -0.2) is 62.5 Å². The second kappa shape index (κ2) is 15.5. The highest BCUT2D eigenvalue weighted by Crippen LogP contribution is 2.61. The van der Waals surface area contributed by atoms with E-state index in [1.807, 2.05) is 97.9 Å². The maximum absolute atomic E-state index is 16.6. The fourth-order valence-corrected chi connectivity index (χ4v) is 11.5. The van der Waals surface area contributed by atoms with Gasteiger partial charge in [0.25, 0.3) is 11.8 Å². The number of fused-ring (bicyclic) bond motifs is 4. The number of carbonyl (C=O) groups excluding carboxylic acids is 3. The van der Waals surface area contributed by atoms with Crippen LogP contribution in [0.5, 0.6) is 17.2 Å². The highest BCUT2D eigenvalue weighted by molar-refractivity contribution is 6.72. The number of methoxy groups -OCH3 is 1. The van der Waals surface area contributed by atoms with E-state index in [2.05, 4.69) is 0 Å². The zero-order valence-corrected chi connectivity index (χ0v) is 33.9. The Labute approximate surface area is 338 Å². The molecule has 3 aliphatic rings. The van der Waals surface area contributed by atoms with Gasteiger partial charge < -0.3 is 33.2 Å². The molecule has 10 nitrogen and oxygen atoms in total. The van der Waals surface area contributed by atoms with E-state index in [4.69, 9.17) is 14.2 Å². The van der Waals surface area contributed by atoms with Crippen LogP contribution in [0.25, 0.3) is 0 Å². The molecule has 0 bridgehead atoms. The van der Waals surface area contributed by atoms with Crippen molar-refractivity contribution in [1.82, 2.24) is 4.90 Å². The number of anilines is 3. The van der Waals surface area contributed by atoms with Crippen LogP contribution in [0, 0.1) is 5.92 Å². The van der Waals surface area contributed by atoms with Gasteiger partial charge in [0, 0.05) is 35.8 Å². The minimum atomic E-state index is -3.57. The summed E-state index contributed by atoms with van der Waals surface area (Å²) in [6.07, 6.45) is -1.04. The average molecular weight is 800 g/mol. The predicted octanol–water partition coefficient (Wildman–Crippen LogP) is 8.51. The fraction of sp³-hybridized carbons (Fsp3) is 0.283. The van der Waals surface area contributed by atoms with Crippen LogP contribution in [0.15, 0.2) is 121 Å². The van der Waals surface area contributed by atoms with Gasteiger partial charge in [-0.25, -0.2) is 0 Å². The minimum absolute atomic E-state index is 0.104. The Bertz CT molecular complexity index is 2350. The Morgan fingerprint density at radius 3 is 2.28 bits per heavy atom. The van der Waals surface area contributed by atoms with Gasteiger partial charge in [-0.05, 0) is 78.8 Å². The molecule has 1 spiro atoms. The first-order valence-electron chi connectivity index (χ1n) is 19.5. The third-order valence-corrected chi connectivity index (χ3v) is 14.1. The maximum atomic E-state index is 16.6. The summed E-state index contributed by atoms with van der Waals surface area (Å²) in [4.78, 5) is 48.0. The third kappa shape index (κ3) is 6.84. The van der Waals surface area contributed by atoms with E-state index in [0.717, 1.165) is 11.1 Å². The highest BCUT2D eigenvalue weighted by Gasteiger charge is 2.67. The van der Waals surface area contributed by atoms with E-state index >= 15 is 8.90 Å². The zero-order chi connectivity index (χ0) is 40.8. The molecule has 3 heterocycles. The van der Waals surface area contributed by atoms with Crippen molar-refractivity contribution >= 4 is 43.2 Å². The summed E-state index contributed by atoms with van der Waals surface area (Å²) in [5.41, 5.74) is 2.25. The Morgan fingerprint density at radius 1 is 0.879 bits per heavy atom. The highest BCUT2D eigenvalue weighted by atomic mass is 28.4. The Balaban J connectivity index is 1.11. The normalized spacial score (nSPS) is 21.0. The second-order valence-electron chi connectivity index (χ2n) is 15.6. The molecule has 1 fully saturated rings. The first kappa shape index (κ1) is 39.0. The van der Waals surface area contributed by atoms with E-state index < -0.39 is 31.6 Å². The van der Waals surface area contributed by atoms with Crippen molar-refractivity contribution in [3.63, 3.8) is 0 Å². The summed E-state index contributed by atoms with van der Waals surface area (Å²) in [5.74, 6) is 0.0542. The van der Waals surface area contributed by atoms with E-state index in [1.54, 1.807) is 65.2 Å². The molecule has 58 heavy (non-hydrogen) atoms. The van der Waals surface area contributed by atoms with E-state index in [1.165, 1.54) is 0 Å². The Hall–Kier alpha value is -5.82. The zero-order valence-electron chi connectivity index (χ0n) is 32.9. The number of ether oxygens (including phenoxy) is 3. The van der Waals surface area contributed by atoms with E-state index in [0.29, 0.717) is 45.4 Å². The number of halogens is 1. The van der Waals surface area contributed by atoms with Crippen LogP contribution in [-0.2, 0) is 33.0 Å². The topological polar surface area (TPSA) is 109 Å². The molecule has 0 aliphatic carbocycles. The van der Waals surface area contributed by atoms with Crippen LogP contribution >= 0.6 is 0 Å². The largest absolute Gasteiger partial charge is 0.497 e. The van der Waals surface area contributed by atoms with E-state index in [9.17, 15) is 14.7 Å². The Kier molecular flexibility index (Phi) is 10.4. The molecule has 1 N–H and O–H groups in total. The van der Waals surface area contributed by atoms with Crippen molar-refractivity contribution in [3.05, 3.63) is 144 Å². The minimum Gasteiger partial charge on any atom is -0.497 e. The molecule has 4 atom stereocenters. The molecule has 0 saturated carbocycles. The van der Waals surface area contributed by atoms with Gasteiger partial charge >= 0.3 is 0 Å². The van der Waals surface area contributed by atoms with Gasteiger partial charge in [-0.2, -0.15) is 0 Å². The predicted molar refractivity (Wildman–Crippen MR) is 222 cm³/mol. The number of nitrogens with zero attached hydrogens (tertiary/aromatic N) is 3. The van der Waals surface area contributed by atoms with Crippen molar-refractivity contribution < 1.29 is 37.8 Å². The summed E-state index contributed by atoms with van der Waals surface area (Å²) in [7, 11) is -2.03. The number of benzene rings is 5. The lowest BCUT2D eigenvalue weighted by atomic mass is 9.82. The molecule has 3 amide bonds. The molecule has 8 rings (SSSR count). The lowest BCUT2D eigenvalue weighted by molar-refractivity contribution is -0.150. The van der Waals surface area contributed by atoms with Crippen molar-refractivity contribution in [1.29, 1.82) is 0 Å². The third-order valence-electron chi connectivity index (χ3n) is 11.7. The van der Waals surface area contributed by atoms with Crippen LogP contribution in [0.2, 0.25) is 18.6 Å². The summed E-state index contributed by atoms with van der Waals surface area (Å²) < 4.78 is 35.3. The standard InChI is InChI=1S/C46H46FN3O7Si/c1-30-43(58(3,4)47)41(27-42(52)48(24-25-51)28-31-12-6-5-7-13-31)57-46(30)36-26-34(55-2)22-23-37(36)49(45(46)54)29-32-18-20-33(21-19-32)50-38-15-9-11-17-40(38)56-39-16-10-8-14-35(39)44(50)53/h5-23,26,30,41,43,51H,24-25,27-29H2,1-4H3/t30-,41+,43-,46+/m1/s1. The quantitative estimate of drug-likeness (QED) is 0.105. The van der Waals surface area contributed by atoms with Crippen LogP contribution in [0.4, 0.5) is 21.2 Å². The van der Waals surface area contributed by atoms with Gasteiger partial charge in [0.1, 0.15) is 11.5 Å². The molecule has 3 aliphatic heterocycles. The molecular formula is C46H46FN3O7Si. The van der Waals surface area contributed by atoms with Crippen LogP contribution in [0.1, 0.15) is 40.4 Å². The molecule has 298 valence electrons.